The minimum atomic E-state index is -3.92. The van der Waals surface area contributed by atoms with E-state index in [9.17, 15) is 17.8 Å². The number of carboxylic acid groups (broad SMARTS) is 1. The maximum absolute atomic E-state index is 11.0. The molecule has 0 heterocycles. The Bertz CT molecular complexity index is 482. The summed E-state index contributed by atoms with van der Waals surface area (Å²) in [6.07, 6.45) is 14.1. The fourth-order valence-electron chi connectivity index (χ4n) is 2.68. The quantitative estimate of drug-likeness (QED) is 0.266. The highest BCUT2D eigenvalue weighted by Crippen LogP contribution is 2.13. The number of carbonyl (C=O) groups is 1. The van der Waals surface area contributed by atoms with Gasteiger partial charge in [0.25, 0.3) is 0 Å². The Morgan fingerprint density at radius 1 is 0.871 bits per heavy atom. The Hall–Kier alpha value is -0.700. The van der Waals surface area contributed by atoms with Crippen molar-refractivity contribution in [3.63, 3.8) is 0 Å². The number of unbranched alkanes of at least 4 members (excludes halogenated alkanes) is 9. The van der Waals surface area contributed by atoms with Crippen LogP contribution in [0.1, 0.15) is 97.8 Å². The van der Waals surface area contributed by atoms with Crippen molar-refractivity contribution in [3.8, 4) is 0 Å². The van der Waals surface area contributed by atoms with Crippen molar-refractivity contribution in [2.75, 3.05) is 40.5 Å². The second-order valence-electron chi connectivity index (χ2n) is 8.61. The molecule has 0 rings (SSSR count). The van der Waals surface area contributed by atoms with Crippen LogP contribution in [-0.2, 0) is 14.9 Å². The third-order valence-electron chi connectivity index (χ3n) is 4.90. The van der Waals surface area contributed by atoms with Gasteiger partial charge in [-0.25, -0.2) is 8.42 Å². The van der Waals surface area contributed by atoms with Gasteiger partial charge in [0.05, 0.1) is 30.8 Å². The molecule has 2 N–H and O–H groups in total. The predicted molar refractivity (Wildman–Crippen MR) is 130 cm³/mol. The number of carboxylic acids is 1. The van der Waals surface area contributed by atoms with E-state index in [2.05, 4.69) is 27.9 Å². The highest BCUT2D eigenvalue weighted by molar-refractivity contribution is 7.85. The lowest BCUT2D eigenvalue weighted by atomic mass is 10.0. The third-order valence-corrected chi connectivity index (χ3v) is 5.81. The molecule has 8 heteroatoms. The molecule has 0 saturated heterocycles. The Balaban J connectivity index is -0.000000533. The van der Waals surface area contributed by atoms with Crippen LogP contribution in [0.15, 0.2) is 0 Å². The van der Waals surface area contributed by atoms with Gasteiger partial charge in [-0.05, 0) is 33.9 Å². The molecule has 0 aliphatic carbocycles. The monoisotopic (exact) mass is 468 g/mol. The van der Waals surface area contributed by atoms with Gasteiger partial charge in [-0.1, -0.05) is 78.1 Å². The van der Waals surface area contributed by atoms with E-state index in [0.717, 1.165) is 12.8 Å². The first-order chi connectivity index (χ1) is 14.4. The van der Waals surface area contributed by atoms with E-state index in [1.807, 2.05) is 14.1 Å². The van der Waals surface area contributed by atoms with Crippen molar-refractivity contribution >= 4 is 16.1 Å². The minimum absolute atomic E-state index is 0.243. The van der Waals surface area contributed by atoms with Crippen molar-refractivity contribution in [2.45, 2.75) is 104 Å². The molecule has 0 bridgehead atoms. The second kappa shape index (κ2) is 24.0. The van der Waals surface area contributed by atoms with E-state index in [1.54, 1.807) is 11.8 Å². The zero-order valence-corrected chi connectivity index (χ0v) is 22.2. The van der Waals surface area contributed by atoms with Gasteiger partial charge in [0.1, 0.15) is 6.04 Å². The average molecular weight is 469 g/mol. The molecule has 0 aromatic rings. The van der Waals surface area contributed by atoms with Gasteiger partial charge in [-0.15, -0.1) is 0 Å². The first-order valence-corrected chi connectivity index (χ1v) is 13.6. The van der Waals surface area contributed by atoms with Crippen molar-refractivity contribution in [1.82, 2.24) is 4.90 Å². The normalized spacial score (nSPS) is 12.1. The standard InChI is InChI=1S/C16H33NO2.C4H11N.C3H8O3S/c1-4-5-6-7-8-9-10-11-12-13-14-15(16(18)19)17(2)3;1-4-5(2)3;1-2-3-7(4,5)6/h15H,4-14H2,1-3H3,(H,18,19);4H2,1-3H3;2-3H2,1H3,(H,4,5,6). The van der Waals surface area contributed by atoms with Crippen LogP contribution >= 0.6 is 0 Å². The molecular formula is C23H52N2O5S. The molecule has 0 saturated carbocycles. The van der Waals surface area contributed by atoms with Crippen molar-refractivity contribution in [3.05, 3.63) is 0 Å². The summed E-state index contributed by atoms with van der Waals surface area (Å²) in [5.74, 6) is -0.937. The molecule has 0 aromatic heterocycles. The van der Waals surface area contributed by atoms with Gasteiger partial charge < -0.3 is 14.6 Å². The molecule has 1 atom stereocenters. The summed E-state index contributed by atoms with van der Waals surface area (Å²) in [6, 6.07) is -0.311. The molecule has 190 valence electrons. The van der Waals surface area contributed by atoms with Crippen LogP contribution in [0.3, 0.4) is 0 Å². The molecule has 31 heavy (non-hydrogen) atoms. The summed E-state index contributed by atoms with van der Waals surface area (Å²) in [4.78, 5) is 14.3. The molecule has 0 aromatic carbocycles. The van der Waals surface area contributed by atoms with Crippen LogP contribution in [0, 0.1) is 0 Å². The average Bonchev–Trinajstić information content (AvgIpc) is 2.65. The van der Waals surface area contributed by atoms with Gasteiger partial charge in [-0.2, -0.15) is 0 Å². The Labute approximate surface area is 193 Å². The fraction of sp³-hybridized carbons (Fsp3) is 0.957. The van der Waals surface area contributed by atoms with Gasteiger partial charge in [0.2, 0.25) is 0 Å². The summed E-state index contributed by atoms with van der Waals surface area (Å²) >= 11 is 0. The van der Waals surface area contributed by atoms with Crippen LogP contribution in [-0.4, -0.2) is 75.5 Å². The SMILES string of the molecule is CCCCCCCCCCCCC(C(=O)O)N(C)C.CCCS(=O)(=O)[O-].CC[NH+](C)C. The summed E-state index contributed by atoms with van der Waals surface area (Å²) < 4.78 is 29.0. The van der Waals surface area contributed by atoms with Gasteiger partial charge in [-0.3, -0.25) is 9.69 Å². The largest absolute Gasteiger partial charge is 0.748 e. The zero-order valence-electron chi connectivity index (χ0n) is 21.4. The van der Waals surface area contributed by atoms with Gasteiger partial charge >= 0.3 is 5.97 Å². The second-order valence-corrected chi connectivity index (χ2v) is 10.1. The van der Waals surface area contributed by atoms with Crippen LogP contribution in [0.4, 0.5) is 0 Å². The lowest BCUT2D eigenvalue weighted by Gasteiger charge is -2.19. The first-order valence-electron chi connectivity index (χ1n) is 12.0. The molecule has 0 amide bonds. The predicted octanol–water partition coefficient (Wildman–Crippen LogP) is 3.40. The van der Waals surface area contributed by atoms with Gasteiger partial charge in [0, 0.05) is 5.75 Å². The molecule has 0 aliphatic heterocycles. The van der Waals surface area contributed by atoms with E-state index < -0.39 is 16.1 Å². The van der Waals surface area contributed by atoms with E-state index in [0.29, 0.717) is 6.42 Å². The molecule has 0 aliphatic rings. The molecule has 0 spiro atoms. The van der Waals surface area contributed by atoms with Crippen molar-refractivity contribution < 1.29 is 27.8 Å². The van der Waals surface area contributed by atoms with Crippen LogP contribution in [0.5, 0.6) is 0 Å². The molecular weight excluding hydrogens is 416 g/mol. The molecule has 0 radical (unpaired) electrons. The van der Waals surface area contributed by atoms with E-state index in [4.69, 9.17) is 5.11 Å². The number of rotatable bonds is 16. The number of likely N-dealkylation sites (N-methyl/N-ethyl adjacent to an activating group) is 1. The molecule has 1 unspecified atom stereocenters. The highest BCUT2D eigenvalue weighted by atomic mass is 32.2. The van der Waals surface area contributed by atoms with Crippen LogP contribution in [0.25, 0.3) is 0 Å². The lowest BCUT2D eigenvalue weighted by Crippen LogP contribution is -3.05. The number of aliphatic carboxylic acids is 1. The van der Waals surface area contributed by atoms with Gasteiger partial charge in [0.15, 0.2) is 0 Å². The van der Waals surface area contributed by atoms with Crippen molar-refractivity contribution in [2.24, 2.45) is 0 Å². The molecule has 7 nitrogen and oxygen atoms in total. The fourth-order valence-corrected chi connectivity index (χ4v) is 3.18. The van der Waals surface area contributed by atoms with E-state index in [-0.39, 0.29) is 11.8 Å². The number of hydrogen-bond donors (Lipinski definition) is 2. The molecule has 0 fully saturated rings. The Morgan fingerprint density at radius 3 is 1.48 bits per heavy atom. The topological polar surface area (TPSA) is 102 Å². The Morgan fingerprint density at radius 2 is 1.26 bits per heavy atom. The first kappa shape index (κ1) is 34.9. The zero-order chi connectivity index (χ0) is 24.7. The summed E-state index contributed by atoms with van der Waals surface area (Å²) in [7, 11) is 4.04. The van der Waals surface area contributed by atoms with Crippen LogP contribution < -0.4 is 4.90 Å². The number of quaternary nitrogens is 1. The van der Waals surface area contributed by atoms with Crippen LogP contribution in [0.2, 0.25) is 0 Å². The maximum atomic E-state index is 11.0. The third kappa shape index (κ3) is 34.1. The van der Waals surface area contributed by atoms with E-state index in [1.165, 1.54) is 69.2 Å². The maximum Gasteiger partial charge on any atom is 0.320 e. The summed E-state index contributed by atoms with van der Waals surface area (Å²) in [5, 5.41) is 9.05. The summed E-state index contributed by atoms with van der Waals surface area (Å²) in [6.45, 7) is 7.28. The smallest absolute Gasteiger partial charge is 0.320 e. The number of hydrogen-bond acceptors (Lipinski definition) is 5. The summed E-state index contributed by atoms with van der Waals surface area (Å²) in [5.41, 5.74) is 0. The van der Waals surface area contributed by atoms with E-state index >= 15 is 0 Å². The minimum Gasteiger partial charge on any atom is -0.748 e. The van der Waals surface area contributed by atoms with Crippen molar-refractivity contribution in [1.29, 1.82) is 0 Å². The number of nitrogens with one attached hydrogen (secondary N) is 1. The Kier molecular flexibility index (Phi) is 27.0. The lowest BCUT2D eigenvalue weighted by molar-refractivity contribution is -0.856. The number of nitrogens with zero attached hydrogens (tertiary/aromatic N) is 1. The highest BCUT2D eigenvalue weighted by Gasteiger charge is 2.18.